The zero-order valence-electron chi connectivity index (χ0n) is 11.5. The van der Waals surface area contributed by atoms with E-state index in [1.165, 1.54) is 11.1 Å². The molecule has 0 radical (unpaired) electrons. The van der Waals surface area contributed by atoms with Crippen LogP contribution >= 0.6 is 0 Å². The van der Waals surface area contributed by atoms with Crippen LogP contribution in [0.4, 0.5) is 0 Å². The van der Waals surface area contributed by atoms with E-state index in [9.17, 15) is 4.79 Å². The summed E-state index contributed by atoms with van der Waals surface area (Å²) in [6.45, 7) is 6.12. The SMILES string of the molecule is Cc1ccc(C(C)NC(=O)c2cccnc2)c(C)c1. The molecule has 3 heteroatoms. The highest BCUT2D eigenvalue weighted by atomic mass is 16.1. The third-order valence-corrected chi connectivity index (χ3v) is 3.16. The molecule has 2 rings (SSSR count). The van der Waals surface area contributed by atoms with Gasteiger partial charge in [-0.1, -0.05) is 23.8 Å². The van der Waals surface area contributed by atoms with Crippen molar-refractivity contribution in [2.45, 2.75) is 26.8 Å². The molecule has 0 bridgehead atoms. The van der Waals surface area contributed by atoms with Gasteiger partial charge in [-0.2, -0.15) is 0 Å². The predicted molar refractivity (Wildman–Crippen MR) is 76.0 cm³/mol. The number of aromatic nitrogens is 1. The summed E-state index contributed by atoms with van der Waals surface area (Å²) in [7, 11) is 0. The molecule has 0 spiro atoms. The molecule has 0 fully saturated rings. The Labute approximate surface area is 113 Å². The number of nitrogens with one attached hydrogen (secondary N) is 1. The molecule has 19 heavy (non-hydrogen) atoms. The molecular weight excluding hydrogens is 236 g/mol. The van der Waals surface area contributed by atoms with Gasteiger partial charge in [0.1, 0.15) is 0 Å². The van der Waals surface area contributed by atoms with Crippen molar-refractivity contribution in [3.63, 3.8) is 0 Å². The quantitative estimate of drug-likeness (QED) is 0.914. The van der Waals surface area contributed by atoms with Gasteiger partial charge in [0, 0.05) is 12.4 Å². The second kappa shape index (κ2) is 5.65. The number of nitrogens with zero attached hydrogens (tertiary/aromatic N) is 1. The highest BCUT2D eigenvalue weighted by Gasteiger charge is 2.13. The van der Waals surface area contributed by atoms with E-state index in [0.717, 1.165) is 5.56 Å². The van der Waals surface area contributed by atoms with E-state index in [4.69, 9.17) is 0 Å². The van der Waals surface area contributed by atoms with Crippen LogP contribution in [0.15, 0.2) is 42.7 Å². The molecular formula is C16H18N2O. The van der Waals surface area contributed by atoms with Crippen LogP contribution in [-0.4, -0.2) is 10.9 Å². The molecule has 1 aromatic heterocycles. The van der Waals surface area contributed by atoms with Gasteiger partial charge in [-0.25, -0.2) is 0 Å². The third-order valence-electron chi connectivity index (χ3n) is 3.16. The van der Waals surface area contributed by atoms with Crippen molar-refractivity contribution >= 4 is 5.91 Å². The van der Waals surface area contributed by atoms with Gasteiger partial charge in [-0.05, 0) is 44.0 Å². The highest BCUT2D eigenvalue weighted by Crippen LogP contribution is 2.18. The van der Waals surface area contributed by atoms with E-state index in [0.29, 0.717) is 5.56 Å². The van der Waals surface area contributed by atoms with E-state index in [1.54, 1.807) is 24.5 Å². The van der Waals surface area contributed by atoms with Gasteiger partial charge >= 0.3 is 0 Å². The molecule has 1 N–H and O–H groups in total. The van der Waals surface area contributed by atoms with Crippen molar-refractivity contribution in [3.05, 3.63) is 65.0 Å². The Morgan fingerprint density at radius 2 is 2.05 bits per heavy atom. The minimum atomic E-state index is -0.0967. The number of aryl methyl sites for hydroxylation is 2. The van der Waals surface area contributed by atoms with Crippen molar-refractivity contribution in [2.24, 2.45) is 0 Å². The molecule has 1 heterocycles. The zero-order valence-corrected chi connectivity index (χ0v) is 11.5. The van der Waals surface area contributed by atoms with Gasteiger partial charge in [-0.15, -0.1) is 0 Å². The smallest absolute Gasteiger partial charge is 0.253 e. The van der Waals surface area contributed by atoms with E-state index in [-0.39, 0.29) is 11.9 Å². The van der Waals surface area contributed by atoms with Gasteiger partial charge in [-0.3, -0.25) is 9.78 Å². The first kappa shape index (κ1) is 13.3. The number of carbonyl (C=O) groups excluding carboxylic acids is 1. The largest absolute Gasteiger partial charge is 0.345 e. The van der Waals surface area contributed by atoms with Gasteiger partial charge in [0.25, 0.3) is 5.91 Å². The van der Waals surface area contributed by atoms with Crippen LogP contribution in [-0.2, 0) is 0 Å². The molecule has 2 aromatic rings. The van der Waals surface area contributed by atoms with Crippen LogP contribution in [0.5, 0.6) is 0 Å². The maximum Gasteiger partial charge on any atom is 0.253 e. The lowest BCUT2D eigenvalue weighted by molar-refractivity contribution is 0.0939. The van der Waals surface area contributed by atoms with E-state index < -0.39 is 0 Å². The second-order valence-corrected chi connectivity index (χ2v) is 4.80. The van der Waals surface area contributed by atoms with Crippen molar-refractivity contribution in [3.8, 4) is 0 Å². The van der Waals surface area contributed by atoms with Crippen LogP contribution in [0, 0.1) is 13.8 Å². The van der Waals surface area contributed by atoms with E-state index in [1.807, 2.05) is 6.92 Å². The maximum absolute atomic E-state index is 12.1. The molecule has 1 aromatic carbocycles. The molecule has 0 saturated heterocycles. The first-order valence-electron chi connectivity index (χ1n) is 6.36. The molecule has 1 amide bonds. The fraction of sp³-hybridized carbons (Fsp3) is 0.250. The van der Waals surface area contributed by atoms with Crippen molar-refractivity contribution in [2.75, 3.05) is 0 Å². The number of rotatable bonds is 3. The Hall–Kier alpha value is -2.16. The lowest BCUT2D eigenvalue weighted by atomic mass is 10.00. The second-order valence-electron chi connectivity index (χ2n) is 4.80. The Bertz CT molecular complexity index is 579. The van der Waals surface area contributed by atoms with Crippen molar-refractivity contribution in [1.29, 1.82) is 0 Å². The number of amides is 1. The van der Waals surface area contributed by atoms with Gasteiger partial charge in [0.05, 0.1) is 11.6 Å². The lowest BCUT2D eigenvalue weighted by Crippen LogP contribution is -2.27. The topological polar surface area (TPSA) is 42.0 Å². The summed E-state index contributed by atoms with van der Waals surface area (Å²) in [6, 6.07) is 9.76. The number of hydrogen-bond acceptors (Lipinski definition) is 2. The molecule has 1 unspecified atom stereocenters. The number of pyridine rings is 1. The molecule has 1 atom stereocenters. The summed E-state index contributed by atoms with van der Waals surface area (Å²) in [5, 5.41) is 2.99. The average Bonchev–Trinajstić information content (AvgIpc) is 2.39. The minimum absolute atomic E-state index is 0.0201. The normalized spacial score (nSPS) is 11.9. The summed E-state index contributed by atoms with van der Waals surface area (Å²) in [6.07, 6.45) is 3.23. The Morgan fingerprint density at radius 1 is 1.26 bits per heavy atom. The third kappa shape index (κ3) is 3.19. The van der Waals surface area contributed by atoms with Crippen LogP contribution in [0.25, 0.3) is 0 Å². The number of carbonyl (C=O) groups is 1. The minimum Gasteiger partial charge on any atom is -0.345 e. The molecule has 0 aliphatic heterocycles. The van der Waals surface area contributed by atoms with Crippen LogP contribution < -0.4 is 5.32 Å². The summed E-state index contributed by atoms with van der Waals surface area (Å²) in [5.41, 5.74) is 4.15. The number of benzene rings is 1. The maximum atomic E-state index is 12.1. The monoisotopic (exact) mass is 254 g/mol. The van der Waals surface area contributed by atoms with Crippen molar-refractivity contribution in [1.82, 2.24) is 10.3 Å². The van der Waals surface area contributed by atoms with Gasteiger partial charge in [0.2, 0.25) is 0 Å². The van der Waals surface area contributed by atoms with E-state index in [2.05, 4.69) is 42.3 Å². The van der Waals surface area contributed by atoms with Crippen LogP contribution in [0.2, 0.25) is 0 Å². The zero-order chi connectivity index (χ0) is 13.8. The highest BCUT2D eigenvalue weighted by molar-refractivity contribution is 5.94. The molecule has 0 aliphatic rings. The van der Waals surface area contributed by atoms with Crippen LogP contribution in [0.3, 0.4) is 0 Å². The molecule has 98 valence electrons. The first-order chi connectivity index (χ1) is 9.08. The molecule has 0 saturated carbocycles. The van der Waals surface area contributed by atoms with Gasteiger partial charge < -0.3 is 5.32 Å². The van der Waals surface area contributed by atoms with Crippen LogP contribution in [0.1, 0.15) is 40.0 Å². The summed E-state index contributed by atoms with van der Waals surface area (Å²) in [4.78, 5) is 16.0. The van der Waals surface area contributed by atoms with Crippen molar-refractivity contribution < 1.29 is 4.79 Å². The first-order valence-corrected chi connectivity index (χ1v) is 6.36. The molecule has 0 aliphatic carbocycles. The predicted octanol–water partition coefficient (Wildman–Crippen LogP) is 3.19. The standard InChI is InChI=1S/C16H18N2O/c1-11-6-7-15(12(2)9-11)13(3)18-16(19)14-5-4-8-17-10-14/h4-10,13H,1-3H3,(H,18,19). The summed E-state index contributed by atoms with van der Waals surface area (Å²) in [5.74, 6) is -0.0967. The summed E-state index contributed by atoms with van der Waals surface area (Å²) >= 11 is 0. The fourth-order valence-electron chi connectivity index (χ4n) is 2.17. The molecule has 3 nitrogen and oxygen atoms in total. The fourth-order valence-corrected chi connectivity index (χ4v) is 2.17. The lowest BCUT2D eigenvalue weighted by Gasteiger charge is -2.17. The Morgan fingerprint density at radius 3 is 2.68 bits per heavy atom. The van der Waals surface area contributed by atoms with Gasteiger partial charge in [0.15, 0.2) is 0 Å². The number of hydrogen-bond donors (Lipinski definition) is 1. The Kier molecular flexibility index (Phi) is 3.95. The summed E-state index contributed by atoms with van der Waals surface area (Å²) < 4.78 is 0. The average molecular weight is 254 g/mol. The van der Waals surface area contributed by atoms with E-state index >= 15 is 0 Å². The Balaban J connectivity index is 2.13.